The van der Waals surface area contributed by atoms with Crippen LogP contribution in [0.4, 0.5) is 5.82 Å². The van der Waals surface area contributed by atoms with E-state index in [-0.39, 0.29) is 0 Å². The van der Waals surface area contributed by atoms with Gasteiger partial charge in [0.1, 0.15) is 5.82 Å². The van der Waals surface area contributed by atoms with Gasteiger partial charge in [-0.3, -0.25) is 0 Å². The monoisotopic (exact) mass is 285 g/mol. The first kappa shape index (κ1) is 15.8. The number of fused-ring (bicyclic) bond motifs is 1. The van der Waals surface area contributed by atoms with Crippen molar-refractivity contribution in [3.05, 3.63) is 36.4 Å². The molecule has 0 aliphatic heterocycles. The molecule has 0 bridgehead atoms. The van der Waals surface area contributed by atoms with Gasteiger partial charge in [0.15, 0.2) is 0 Å². The first-order chi connectivity index (χ1) is 10.2. The number of rotatable bonds is 8. The zero-order valence-corrected chi connectivity index (χ0v) is 13.5. The maximum atomic E-state index is 4.67. The van der Waals surface area contributed by atoms with Gasteiger partial charge in [0.05, 0.1) is 5.52 Å². The second kappa shape index (κ2) is 7.99. The van der Waals surface area contributed by atoms with E-state index in [9.17, 15) is 0 Å². The maximum absolute atomic E-state index is 4.67. The van der Waals surface area contributed by atoms with Gasteiger partial charge < -0.3 is 10.2 Å². The number of para-hydroxylation sites is 1. The third-order valence-electron chi connectivity index (χ3n) is 4.00. The van der Waals surface area contributed by atoms with E-state index in [1.165, 1.54) is 24.8 Å². The van der Waals surface area contributed by atoms with Crippen LogP contribution in [0.15, 0.2) is 36.4 Å². The maximum Gasteiger partial charge on any atom is 0.126 e. The topological polar surface area (TPSA) is 28.2 Å². The smallest absolute Gasteiger partial charge is 0.126 e. The van der Waals surface area contributed by atoms with Gasteiger partial charge in [0.2, 0.25) is 0 Å². The number of nitrogens with one attached hydrogen (secondary N) is 1. The summed E-state index contributed by atoms with van der Waals surface area (Å²) in [7, 11) is 0. The molecule has 0 amide bonds. The van der Waals surface area contributed by atoms with E-state index in [0.29, 0.717) is 6.04 Å². The number of benzene rings is 1. The predicted octanol–water partition coefficient (Wildman–Crippen LogP) is 4.16. The number of aromatic nitrogens is 1. The lowest BCUT2D eigenvalue weighted by molar-refractivity contribution is 0.295. The number of hydrogen-bond acceptors (Lipinski definition) is 3. The van der Waals surface area contributed by atoms with Crippen molar-refractivity contribution < 1.29 is 0 Å². The lowest BCUT2D eigenvalue weighted by atomic mass is 10.1. The second-order valence-corrected chi connectivity index (χ2v) is 5.60. The Bertz CT molecular complexity index is 549. The predicted molar refractivity (Wildman–Crippen MR) is 91.8 cm³/mol. The number of nitrogens with zero attached hydrogens (tertiary/aromatic N) is 2. The van der Waals surface area contributed by atoms with Crippen molar-refractivity contribution in [2.24, 2.45) is 0 Å². The van der Waals surface area contributed by atoms with Crippen molar-refractivity contribution in [2.45, 2.75) is 39.7 Å². The molecule has 1 unspecified atom stereocenters. The third kappa shape index (κ3) is 4.71. The average Bonchev–Trinajstić information content (AvgIpc) is 2.51. The lowest BCUT2D eigenvalue weighted by Crippen LogP contribution is -2.25. The number of hydrogen-bond donors (Lipinski definition) is 1. The van der Waals surface area contributed by atoms with E-state index in [1.807, 2.05) is 12.1 Å². The summed E-state index contributed by atoms with van der Waals surface area (Å²) >= 11 is 0. The SMILES string of the molecule is CCN(CC)CCCC(C)Nc1ccc2ccccc2n1. The molecule has 1 heterocycles. The van der Waals surface area contributed by atoms with Gasteiger partial charge >= 0.3 is 0 Å². The fourth-order valence-electron chi connectivity index (χ4n) is 2.63. The summed E-state index contributed by atoms with van der Waals surface area (Å²) in [5.74, 6) is 0.976. The van der Waals surface area contributed by atoms with Crippen LogP contribution in [0.25, 0.3) is 10.9 Å². The Balaban J connectivity index is 1.85. The molecule has 1 N–H and O–H groups in total. The van der Waals surface area contributed by atoms with Crippen LogP contribution in [0.2, 0.25) is 0 Å². The molecular formula is C18H27N3. The highest BCUT2D eigenvalue weighted by atomic mass is 15.1. The van der Waals surface area contributed by atoms with E-state index >= 15 is 0 Å². The molecule has 0 fully saturated rings. The first-order valence-electron chi connectivity index (χ1n) is 8.07. The fourth-order valence-corrected chi connectivity index (χ4v) is 2.63. The fraction of sp³-hybridized carbons (Fsp3) is 0.500. The van der Waals surface area contributed by atoms with Crippen LogP contribution < -0.4 is 5.32 Å². The third-order valence-corrected chi connectivity index (χ3v) is 4.00. The van der Waals surface area contributed by atoms with Crippen LogP contribution >= 0.6 is 0 Å². The molecule has 1 aromatic carbocycles. The zero-order chi connectivity index (χ0) is 15.1. The summed E-state index contributed by atoms with van der Waals surface area (Å²) in [4.78, 5) is 7.14. The molecule has 0 spiro atoms. The molecule has 0 saturated carbocycles. The Labute approximate surface area is 128 Å². The Kier molecular flexibility index (Phi) is 6.00. The van der Waals surface area contributed by atoms with E-state index < -0.39 is 0 Å². The van der Waals surface area contributed by atoms with Gasteiger partial charge in [-0.05, 0) is 57.6 Å². The van der Waals surface area contributed by atoms with Crippen LogP contribution in [0, 0.1) is 0 Å². The Morgan fingerprint density at radius 1 is 1.10 bits per heavy atom. The highest BCUT2D eigenvalue weighted by Gasteiger charge is 2.05. The highest BCUT2D eigenvalue weighted by molar-refractivity contribution is 5.80. The second-order valence-electron chi connectivity index (χ2n) is 5.60. The standard InChI is InChI=1S/C18H27N3/c1-4-21(5-2)14-8-9-15(3)19-18-13-12-16-10-6-7-11-17(16)20-18/h6-7,10-13,15H,4-5,8-9,14H2,1-3H3,(H,19,20). The van der Waals surface area contributed by atoms with Gasteiger partial charge in [0.25, 0.3) is 0 Å². The molecule has 0 radical (unpaired) electrons. The molecule has 0 aliphatic rings. The quantitative estimate of drug-likeness (QED) is 0.789. The number of anilines is 1. The van der Waals surface area contributed by atoms with E-state index in [0.717, 1.165) is 24.4 Å². The molecule has 2 aromatic rings. The normalized spacial score (nSPS) is 12.8. The molecule has 3 nitrogen and oxygen atoms in total. The minimum absolute atomic E-state index is 0.453. The lowest BCUT2D eigenvalue weighted by Gasteiger charge is -2.20. The summed E-state index contributed by atoms with van der Waals surface area (Å²) in [5, 5.41) is 4.71. The van der Waals surface area contributed by atoms with Gasteiger partial charge in [-0.25, -0.2) is 4.98 Å². The van der Waals surface area contributed by atoms with Gasteiger partial charge in [-0.1, -0.05) is 32.0 Å². The average molecular weight is 285 g/mol. The molecule has 1 aromatic heterocycles. The molecule has 21 heavy (non-hydrogen) atoms. The van der Waals surface area contributed by atoms with Gasteiger partial charge in [-0.15, -0.1) is 0 Å². The van der Waals surface area contributed by atoms with Crippen molar-refractivity contribution in [2.75, 3.05) is 25.0 Å². The zero-order valence-electron chi connectivity index (χ0n) is 13.5. The van der Waals surface area contributed by atoms with Crippen LogP contribution in [-0.2, 0) is 0 Å². The minimum atomic E-state index is 0.453. The first-order valence-corrected chi connectivity index (χ1v) is 8.07. The van der Waals surface area contributed by atoms with E-state index in [1.54, 1.807) is 0 Å². The van der Waals surface area contributed by atoms with Crippen molar-refractivity contribution in [3.8, 4) is 0 Å². The molecule has 0 saturated heterocycles. The summed E-state index contributed by atoms with van der Waals surface area (Å²) in [6.07, 6.45) is 2.40. The van der Waals surface area contributed by atoms with Gasteiger partial charge in [0, 0.05) is 11.4 Å². The van der Waals surface area contributed by atoms with E-state index in [2.05, 4.69) is 60.2 Å². The van der Waals surface area contributed by atoms with Crippen molar-refractivity contribution in [1.29, 1.82) is 0 Å². The number of pyridine rings is 1. The molecule has 1 atom stereocenters. The summed E-state index contributed by atoms with van der Waals surface area (Å²) < 4.78 is 0. The van der Waals surface area contributed by atoms with Crippen LogP contribution in [0.5, 0.6) is 0 Å². The van der Waals surface area contributed by atoms with Gasteiger partial charge in [-0.2, -0.15) is 0 Å². The Hall–Kier alpha value is -1.61. The van der Waals surface area contributed by atoms with Crippen molar-refractivity contribution >= 4 is 16.7 Å². The highest BCUT2D eigenvalue weighted by Crippen LogP contribution is 2.16. The Morgan fingerprint density at radius 2 is 1.86 bits per heavy atom. The largest absolute Gasteiger partial charge is 0.368 e. The molecule has 114 valence electrons. The Morgan fingerprint density at radius 3 is 2.62 bits per heavy atom. The molecular weight excluding hydrogens is 258 g/mol. The van der Waals surface area contributed by atoms with Crippen LogP contribution in [0.1, 0.15) is 33.6 Å². The minimum Gasteiger partial charge on any atom is -0.368 e. The van der Waals surface area contributed by atoms with E-state index in [4.69, 9.17) is 0 Å². The molecule has 0 aliphatic carbocycles. The van der Waals surface area contributed by atoms with Crippen LogP contribution in [0.3, 0.4) is 0 Å². The van der Waals surface area contributed by atoms with Crippen molar-refractivity contribution in [1.82, 2.24) is 9.88 Å². The van der Waals surface area contributed by atoms with Crippen LogP contribution in [-0.4, -0.2) is 35.6 Å². The van der Waals surface area contributed by atoms with Crippen molar-refractivity contribution in [3.63, 3.8) is 0 Å². The summed E-state index contributed by atoms with van der Waals surface area (Å²) in [5.41, 5.74) is 1.05. The summed E-state index contributed by atoms with van der Waals surface area (Å²) in [6, 6.07) is 12.9. The summed E-state index contributed by atoms with van der Waals surface area (Å²) in [6.45, 7) is 10.2. The molecule has 2 rings (SSSR count). The molecule has 3 heteroatoms.